The van der Waals surface area contributed by atoms with E-state index in [4.69, 9.17) is 10.00 Å². The van der Waals surface area contributed by atoms with Crippen LogP contribution in [0.4, 0.5) is 23.4 Å². The van der Waals surface area contributed by atoms with Crippen molar-refractivity contribution in [2.45, 2.75) is 12.3 Å². The minimum absolute atomic E-state index is 0.0223. The van der Waals surface area contributed by atoms with Gasteiger partial charge in [0.15, 0.2) is 0 Å². The van der Waals surface area contributed by atoms with E-state index in [2.05, 4.69) is 15.1 Å². The Bertz CT molecular complexity index is 1620. The molecule has 4 heterocycles. The molecule has 0 radical (unpaired) electrons. The molecule has 0 saturated carbocycles. The molecule has 1 aromatic carbocycles. The summed E-state index contributed by atoms with van der Waals surface area (Å²) in [4.78, 5) is 23.1. The number of aromatic nitrogens is 5. The monoisotopic (exact) mass is 513 g/mol. The van der Waals surface area contributed by atoms with Crippen LogP contribution in [0.15, 0.2) is 41.5 Å². The first-order valence-corrected chi connectivity index (χ1v) is 11.1. The van der Waals surface area contributed by atoms with E-state index in [1.54, 1.807) is 24.1 Å². The van der Waals surface area contributed by atoms with Gasteiger partial charge in [-0.2, -0.15) is 23.5 Å². The molecule has 1 fully saturated rings. The van der Waals surface area contributed by atoms with Crippen LogP contribution < -0.4 is 10.5 Å². The first-order valence-electron chi connectivity index (χ1n) is 11.1. The molecule has 3 aromatic heterocycles. The topological polar surface area (TPSA) is 102 Å². The minimum Gasteiger partial charge on any atom is -0.370 e. The van der Waals surface area contributed by atoms with E-state index in [0.29, 0.717) is 24.3 Å². The van der Waals surface area contributed by atoms with Gasteiger partial charge in [-0.05, 0) is 24.3 Å². The molecule has 9 nitrogen and oxygen atoms in total. The lowest BCUT2D eigenvalue weighted by Crippen LogP contribution is -2.39. The predicted molar refractivity (Wildman–Crippen MR) is 124 cm³/mol. The maximum absolute atomic E-state index is 15.1. The molecule has 0 amide bonds. The van der Waals surface area contributed by atoms with Crippen molar-refractivity contribution in [1.82, 2.24) is 24.3 Å². The predicted octanol–water partition coefficient (Wildman–Crippen LogP) is 3.34. The van der Waals surface area contributed by atoms with Crippen molar-refractivity contribution in [3.63, 3.8) is 0 Å². The summed E-state index contributed by atoms with van der Waals surface area (Å²) in [7, 11) is 2.75. The van der Waals surface area contributed by atoms with E-state index in [1.807, 2.05) is 11.0 Å². The van der Waals surface area contributed by atoms with Crippen LogP contribution in [0.25, 0.3) is 22.2 Å². The number of benzene rings is 1. The molecule has 0 N–H and O–H groups in total. The van der Waals surface area contributed by atoms with E-state index >= 15 is 4.39 Å². The SMILES string of the molecule is Cn1cc([C@@H]2CN(c3cc4c(=O)n(C)c(C(F)(F)F)nc4c(-c4ccc(C#N)cc4F)n3)CCO2)cn1. The fraction of sp³-hybridized carbons (Fsp3) is 0.292. The van der Waals surface area contributed by atoms with Gasteiger partial charge in [0.1, 0.15) is 28.9 Å². The molecule has 37 heavy (non-hydrogen) atoms. The Morgan fingerprint density at radius 1 is 1.19 bits per heavy atom. The third-order valence-corrected chi connectivity index (χ3v) is 6.14. The molecule has 4 aromatic rings. The van der Waals surface area contributed by atoms with E-state index < -0.39 is 23.4 Å². The van der Waals surface area contributed by atoms with Gasteiger partial charge < -0.3 is 9.64 Å². The number of nitriles is 1. The van der Waals surface area contributed by atoms with E-state index in [9.17, 15) is 18.0 Å². The number of halogens is 4. The van der Waals surface area contributed by atoms with Crippen LogP contribution in [0.3, 0.4) is 0 Å². The summed E-state index contributed by atoms with van der Waals surface area (Å²) in [5, 5.41) is 13.1. The van der Waals surface area contributed by atoms with Gasteiger partial charge in [-0.1, -0.05) is 0 Å². The van der Waals surface area contributed by atoms with E-state index in [-0.39, 0.29) is 39.6 Å². The Morgan fingerprint density at radius 2 is 1.97 bits per heavy atom. The highest BCUT2D eigenvalue weighted by atomic mass is 19.4. The highest BCUT2D eigenvalue weighted by Gasteiger charge is 2.37. The van der Waals surface area contributed by atoms with Crippen LogP contribution >= 0.6 is 0 Å². The number of nitrogens with zero attached hydrogens (tertiary/aromatic N) is 7. The quantitative estimate of drug-likeness (QED) is 0.387. The molecule has 190 valence electrons. The Morgan fingerprint density at radius 3 is 2.62 bits per heavy atom. The van der Waals surface area contributed by atoms with Crippen LogP contribution in [0.1, 0.15) is 23.1 Å². The zero-order valence-corrected chi connectivity index (χ0v) is 19.6. The van der Waals surface area contributed by atoms with Gasteiger partial charge in [0.2, 0.25) is 5.82 Å². The number of ether oxygens (including phenoxy) is 1. The smallest absolute Gasteiger partial charge is 0.370 e. The van der Waals surface area contributed by atoms with Gasteiger partial charge in [-0.15, -0.1) is 0 Å². The van der Waals surface area contributed by atoms with Gasteiger partial charge in [-0.3, -0.25) is 14.0 Å². The summed E-state index contributed by atoms with van der Waals surface area (Å²) >= 11 is 0. The number of hydrogen-bond donors (Lipinski definition) is 0. The zero-order valence-electron chi connectivity index (χ0n) is 19.6. The van der Waals surface area contributed by atoms with Crippen LogP contribution in [-0.4, -0.2) is 44.0 Å². The van der Waals surface area contributed by atoms with Crippen molar-refractivity contribution in [3.05, 3.63) is 69.8 Å². The lowest BCUT2D eigenvalue weighted by Gasteiger charge is -2.33. The molecule has 13 heteroatoms. The fourth-order valence-electron chi connectivity index (χ4n) is 4.30. The van der Waals surface area contributed by atoms with E-state index in [1.165, 1.54) is 18.2 Å². The molecule has 1 aliphatic heterocycles. The molecule has 5 rings (SSSR count). The number of rotatable bonds is 3. The number of fused-ring (bicyclic) bond motifs is 1. The number of hydrogen-bond acceptors (Lipinski definition) is 7. The van der Waals surface area contributed by atoms with Crippen molar-refractivity contribution >= 4 is 16.7 Å². The Labute approximate surface area is 207 Å². The van der Waals surface area contributed by atoms with E-state index in [0.717, 1.165) is 18.7 Å². The van der Waals surface area contributed by atoms with Crippen LogP contribution in [-0.2, 0) is 25.0 Å². The average Bonchev–Trinajstić information content (AvgIpc) is 3.31. The molecule has 1 atom stereocenters. The van der Waals surface area contributed by atoms with Gasteiger partial charge in [-0.25, -0.2) is 14.4 Å². The summed E-state index contributed by atoms with van der Waals surface area (Å²) in [6, 6.07) is 6.68. The molecular formula is C24H19F4N7O2. The Kier molecular flexibility index (Phi) is 5.91. The normalized spacial score (nSPS) is 16.2. The first kappa shape index (κ1) is 24.4. The number of anilines is 1. The second-order valence-electron chi connectivity index (χ2n) is 8.58. The third-order valence-electron chi connectivity index (χ3n) is 6.14. The fourth-order valence-corrected chi connectivity index (χ4v) is 4.30. The number of alkyl halides is 3. The van der Waals surface area contributed by atoms with Crippen LogP contribution in [0.2, 0.25) is 0 Å². The average molecular weight is 513 g/mol. The molecule has 1 saturated heterocycles. The summed E-state index contributed by atoms with van der Waals surface area (Å²) in [6.45, 7) is 0.996. The molecule has 0 aliphatic carbocycles. The van der Waals surface area contributed by atoms with Crippen LogP contribution in [0, 0.1) is 17.1 Å². The standard InChI is InChI=1S/C24H19F4N7O2/c1-33-11-14(10-30-33)18-12-35(5-6-37-18)19-8-16-21(32-23(24(26,27)28)34(2)22(16)36)20(31-19)15-4-3-13(9-29)7-17(15)25/h3-4,7-8,10-11,18H,5-6,12H2,1-2H3/t18-/m0/s1. The highest BCUT2D eigenvalue weighted by molar-refractivity contribution is 5.93. The van der Waals surface area contributed by atoms with Gasteiger partial charge in [0.25, 0.3) is 5.56 Å². The summed E-state index contributed by atoms with van der Waals surface area (Å²) in [6.07, 6.45) is -1.83. The van der Waals surface area contributed by atoms with Crippen molar-refractivity contribution in [2.24, 2.45) is 14.1 Å². The summed E-state index contributed by atoms with van der Waals surface area (Å²) in [5.41, 5.74) is -0.917. The second-order valence-corrected chi connectivity index (χ2v) is 8.58. The highest BCUT2D eigenvalue weighted by Crippen LogP contribution is 2.34. The second kappa shape index (κ2) is 8.97. The minimum atomic E-state index is -4.93. The van der Waals surface area contributed by atoms with Crippen LogP contribution in [0.5, 0.6) is 0 Å². The molecule has 0 unspecified atom stereocenters. The van der Waals surface area contributed by atoms with Gasteiger partial charge >= 0.3 is 6.18 Å². The Hall–Kier alpha value is -4.31. The molecule has 1 aliphatic rings. The third kappa shape index (κ3) is 4.40. The number of pyridine rings is 1. The van der Waals surface area contributed by atoms with Crippen molar-refractivity contribution in [2.75, 3.05) is 24.6 Å². The molecule has 0 bridgehead atoms. The molecular weight excluding hydrogens is 494 g/mol. The van der Waals surface area contributed by atoms with Crippen molar-refractivity contribution in [3.8, 4) is 17.3 Å². The summed E-state index contributed by atoms with van der Waals surface area (Å²) in [5.74, 6) is -2.06. The number of morpholine rings is 1. The Balaban J connectivity index is 1.72. The van der Waals surface area contributed by atoms with Crippen molar-refractivity contribution < 1.29 is 22.3 Å². The first-order chi connectivity index (χ1) is 17.6. The number of aryl methyl sites for hydroxylation is 1. The maximum Gasteiger partial charge on any atom is 0.449 e. The lowest BCUT2D eigenvalue weighted by molar-refractivity contribution is -0.147. The van der Waals surface area contributed by atoms with Crippen molar-refractivity contribution in [1.29, 1.82) is 5.26 Å². The zero-order chi connectivity index (χ0) is 26.5. The lowest BCUT2D eigenvalue weighted by atomic mass is 10.0. The molecule has 0 spiro atoms. The van der Waals surface area contributed by atoms with Gasteiger partial charge in [0, 0.05) is 44.5 Å². The maximum atomic E-state index is 15.1. The summed E-state index contributed by atoms with van der Waals surface area (Å²) < 4.78 is 64.0. The van der Waals surface area contributed by atoms with Gasteiger partial charge in [0.05, 0.1) is 29.8 Å². The largest absolute Gasteiger partial charge is 0.449 e.